The zero-order chi connectivity index (χ0) is 13.2. The van der Waals surface area contributed by atoms with Crippen LogP contribution in [-0.2, 0) is 0 Å². The quantitative estimate of drug-likeness (QED) is 0.864. The third-order valence-electron chi connectivity index (χ3n) is 3.99. The summed E-state index contributed by atoms with van der Waals surface area (Å²) < 4.78 is 0. The van der Waals surface area contributed by atoms with Crippen LogP contribution in [0, 0.1) is 0 Å². The Labute approximate surface area is 112 Å². The average molecular weight is 257 g/mol. The minimum Gasteiger partial charge on any atom is -0.361 e. The van der Waals surface area contributed by atoms with Gasteiger partial charge in [-0.3, -0.25) is 4.79 Å². The Hall–Kier alpha value is -1.81. The van der Waals surface area contributed by atoms with Crippen LogP contribution >= 0.6 is 0 Å². The molecule has 1 aromatic heterocycles. The summed E-state index contributed by atoms with van der Waals surface area (Å²) in [6.07, 6.45) is 3.94. The van der Waals surface area contributed by atoms with Gasteiger partial charge in [-0.05, 0) is 38.1 Å². The van der Waals surface area contributed by atoms with Crippen molar-refractivity contribution in [2.24, 2.45) is 0 Å². The Morgan fingerprint density at radius 3 is 2.84 bits per heavy atom. The van der Waals surface area contributed by atoms with E-state index in [0.717, 1.165) is 42.4 Å². The first-order chi connectivity index (χ1) is 9.27. The van der Waals surface area contributed by atoms with Crippen LogP contribution in [0.3, 0.4) is 0 Å². The van der Waals surface area contributed by atoms with E-state index in [1.54, 1.807) is 0 Å². The second kappa shape index (κ2) is 5.05. The number of hydrogen-bond donors (Lipinski definition) is 2. The fourth-order valence-electron chi connectivity index (χ4n) is 2.81. The Morgan fingerprint density at radius 2 is 2.05 bits per heavy atom. The van der Waals surface area contributed by atoms with Crippen LogP contribution in [0.4, 0.5) is 0 Å². The van der Waals surface area contributed by atoms with Gasteiger partial charge in [-0.15, -0.1) is 0 Å². The van der Waals surface area contributed by atoms with Gasteiger partial charge in [0.1, 0.15) is 0 Å². The third kappa shape index (κ3) is 2.24. The summed E-state index contributed by atoms with van der Waals surface area (Å²) in [6, 6.07) is 8.21. The normalized spacial score (nSPS) is 16.7. The summed E-state index contributed by atoms with van der Waals surface area (Å²) >= 11 is 0. The minimum atomic E-state index is 0.111. The van der Waals surface area contributed by atoms with Crippen LogP contribution in [0.15, 0.2) is 30.5 Å². The molecule has 4 heteroatoms. The molecule has 1 saturated heterocycles. The molecule has 0 spiro atoms. The first kappa shape index (κ1) is 12.2. The van der Waals surface area contributed by atoms with E-state index >= 15 is 0 Å². The molecule has 1 amide bonds. The Bertz CT molecular complexity index is 584. The molecule has 0 aliphatic carbocycles. The summed E-state index contributed by atoms with van der Waals surface area (Å²) in [6.45, 7) is 1.99. The number of amides is 1. The van der Waals surface area contributed by atoms with Crippen molar-refractivity contribution in [2.75, 3.05) is 20.1 Å². The molecule has 100 valence electrons. The lowest BCUT2D eigenvalue weighted by Gasteiger charge is -2.31. The van der Waals surface area contributed by atoms with Crippen molar-refractivity contribution < 1.29 is 4.79 Å². The van der Waals surface area contributed by atoms with E-state index in [0.29, 0.717) is 6.04 Å². The highest BCUT2D eigenvalue weighted by Gasteiger charge is 2.24. The van der Waals surface area contributed by atoms with Crippen LogP contribution in [0.1, 0.15) is 23.2 Å². The zero-order valence-electron chi connectivity index (χ0n) is 11.1. The lowest BCUT2D eigenvalue weighted by molar-refractivity contribution is 0.0705. The number of benzene rings is 1. The number of rotatable bonds is 2. The first-order valence-electron chi connectivity index (χ1n) is 6.81. The largest absolute Gasteiger partial charge is 0.361 e. The molecular formula is C15H19N3O. The summed E-state index contributed by atoms with van der Waals surface area (Å²) in [5.41, 5.74) is 1.71. The summed E-state index contributed by atoms with van der Waals surface area (Å²) in [7, 11) is 1.92. The van der Waals surface area contributed by atoms with Gasteiger partial charge in [0.25, 0.3) is 5.91 Å². The lowest BCUT2D eigenvalue weighted by atomic mass is 10.0. The van der Waals surface area contributed by atoms with Crippen molar-refractivity contribution >= 4 is 16.8 Å². The topological polar surface area (TPSA) is 48.1 Å². The number of fused-ring (bicyclic) bond motifs is 1. The van der Waals surface area contributed by atoms with Gasteiger partial charge in [-0.25, -0.2) is 0 Å². The van der Waals surface area contributed by atoms with Crippen LogP contribution in [0.2, 0.25) is 0 Å². The minimum absolute atomic E-state index is 0.111. The number of nitrogens with one attached hydrogen (secondary N) is 2. The highest BCUT2D eigenvalue weighted by Crippen LogP contribution is 2.20. The van der Waals surface area contributed by atoms with Crippen molar-refractivity contribution in [3.8, 4) is 0 Å². The average Bonchev–Trinajstić information content (AvgIpc) is 2.95. The number of carbonyl (C=O) groups is 1. The molecule has 2 aromatic rings. The van der Waals surface area contributed by atoms with E-state index in [-0.39, 0.29) is 5.91 Å². The van der Waals surface area contributed by atoms with E-state index in [1.807, 2.05) is 42.4 Å². The van der Waals surface area contributed by atoms with Gasteiger partial charge in [-0.1, -0.05) is 12.1 Å². The predicted molar refractivity (Wildman–Crippen MR) is 76.3 cm³/mol. The molecule has 3 rings (SSSR count). The van der Waals surface area contributed by atoms with Gasteiger partial charge in [0.2, 0.25) is 0 Å². The second-order valence-corrected chi connectivity index (χ2v) is 5.14. The Kier molecular flexibility index (Phi) is 3.25. The monoisotopic (exact) mass is 257 g/mol. The Morgan fingerprint density at radius 1 is 1.26 bits per heavy atom. The standard InChI is InChI=1S/C15H19N3O/c1-18(12-6-8-16-9-7-12)15(19)13-4-2-3-11-5-10-17-14(11)13/h2-5,10,12,16-17H,6-9H2,1H3. The summed E-state index contributed by atoms with van der Waals surface area (Å²) in [5, 5.41) is 4.42. The van der Waals surface area contributed by atoms with Gasteiger partial charge in [0.05, 0.1) is 11.1 Å². The number of aromatic amines is 1. The maximum Gasteiger partial charge on any atom is 0.255 e. The summed E-state index contributed by atoms with van der Waals surface area (Å²) in [4.78, 5) is 17.7. The van der Waals surface area contributed by atoms with Crippen LogP contribution in [0.5, 0.6) is 0 Å². The fourth-order valence-corrected chi connectivity index (χ4v) is 2.81. The number of piperidine rings is 1. The molecular weight excluding hydrogens is 238 g/mol. The molecule has 1 aliphatic rings. The fraction of sp³-hybridized carbons (Fsp3) is 0.400. The van der Waals surface area contributed by atoms with E-state index in [1.165, 1.54) is 0 Å². The molecule has 1 fully saturated rings. The van der Waals surface area contributed by atoms with E-state index in [2.05, 4.69) is 10.3 Å². The number of carbonyl (C=O) groups excluding carboxylic acids is 1. The second-order valence-electron chi connectivity index (χ2n) is 5.14. The van der Waals surface area contributed by atoms with Crippen LogP contribution in [-0.4, -0.2) is 42.0 Å². The van der Waals surface area contributed by atoms with Crippen molar-refractivity contribution in [1.29, 1.82) is 0 Å². The van der Waals surface area contributed by atoms with E-state index < -0.39 is 0 Å². The highest BCUT2D eigenvalue weighted by atomic mass is 16.2. The zero-order valence-corrected chi connectivity index (χ0v) is 11.1. The van der Waals surface area contributed by atoms with Gasteiger partial charge in [0.15, 0.2) is 0 Å². The van der Waals surface area contributed by atoms with Gasteiger partial charge < -0.3 is 15.2 Å². The van der Waals surface area contributed by atoms with Gasteiger partial charge >= 0.3 is 0 Å². The molecule has 0 bridgehead atoms. The smallest absolute Gasteiger partial charge is 0.255 e. The lowest BCUT2D eigenvalue weighted by Crippen LogP contribution is -2.44. The van der Waals surface area contributed by atoms with E-state index in [9.17, 15) is 4.79 Å². The SMILES string of the molecule is CN(C(=O)c1cccc2cc[nH]c12)C1CCNCC1. The molecule has 2 N–H and O–H groups in total. The molecule has 4 nitrogen and oxygen atoms in total. The Balaban J connectivity index is 1.88. The van der Waals surface area contributed by atoms with Crippen LogP contribution in [0.25, 0.3) is 10.9 Å². The third-order valence-corrected chi connectivity index (χ3v) is 3.99. The molecule has 19 heavy (non-hydrogen) atoms. The van der Waals surface area contributed by atoms with Crippen molar-refractivity contribution in [3.63, 3.8) is 0 Å². The molecule has 1 aliphatic heterocycles. The maximum atomic E-state index is 12.6. The van der Waals surface area contributed by atoms with Crippen molar-refractivity contribution in [3.05, 3.63) is 36.0 Å². The molecule has 0 unspecified atom stereocenters. The predicted octanol–water partition coefficient (Wildman–Crippen LogP) is 1.99. The van der Waals surface area contributed by atoms with Crippen molar-refractivity contribution in [2.45, 2.75) is 18.9 Å². The maximum absolute atomic E-state index is 12.6. The number of aromatic nitrogens is 1. The first-order valence-corrected chi connectivity index (χ1v) is 6.81. The molecule has 2 heterocycles. The highest BCUT2D eigenvalue weighted by molar-refractivity contribution is 6.05. The van der Waals surface area contributed by atoms with Gasteiger partial charge in [0, 0.05) is 24.7 Å². The number of para-hydroxylation sites is 1. The number of H-pyrrole nitrogens is 1. The van der Waals surface area contributed by atoms with E-state index in [4.69, 9.17) is 0 Å². The molecule has 0 radical (unpaired) electrons. The number of hydrogen-bond acceptors (Lipinski definition) is 2. The molecule has 1 aromatic carbocycles. The van der Waals surface area contributed by atoms with Gasteiger partial charge in [-0.2, -0.15) is 0 Å². The summed E-state index contributed by atoms with van der Waals surface area (Å²) in [5.74, 6) is 0.111. The van der Waals surface area contributed by atoms with Crippen molar-refractivity contribution in [1.82, 2.24) is 15.2 Å². The van der Waals surface area contributed by atoms with Crippen LogP contribution < -0.4 is 5.32 Å². The molecule has 0 saturated carbocycles. The molecule has 0 atom stereocenters. The number of nitrogens with zero attached hydrogens (tertiary/aromatic N) is 1.